The Hall–Kier alpha value is -2.83. The quantitative estimate of drug-likeness (QED) is 0.904. The number of carbonyl (C=O) groups excluding carboxylic acids is 2. The van der Waals surface area contributed by atoms with Gasteiger partial charge in [0.25, 0.3) is 5.91 Å². The summed E-state index contributed by atoms with van der Waals surface area (Å²) in [6, 6.07) is 7.21. The van der Waals surface area contributed by atoms with Gasteiger partial charge in [-0.2, -0.15) is 0 Å². The molecule has 0 saturated carbocycles. The molecule has 0 aliphatic carbocycles. The molecule has 3 rings (SSSR count). The first-order valence-electron chi connectivity index (χ1n) is 8.33. The van der Waals surface area contributed by atoms with Crippen molar-refractivity contribution in [2.24, 2.45) is 5.92 Å². The summed E-state index contributed by atoms with van der Waals surface area (Å²) >= 11 is 0. The molecular weight excluding hydrogens is 320 g/mol. The van der Waals surface area contributed by atoms with Crippen molar-refractivity contribution in [1.82, 2.24) is 9.55 Å². The van der Waals surface area contributed by atoms with Crippen molar-refractivity contribution in [3.63, 3.8) is 0 Å². The van der Waals surface area contributed by atoms with Gasteiger partial charge in [0, 0.05) is 18.9 Å². The van der Waals surface area contributed by atoms with E-state index >= 15 is 0 Å². The number of aromatic nitrogens is 2. The number of anilines is 2. The lowest BCUT2D eigenvalue weighted by Gasteiger charge is -2.32. The molecule has 1 aromatic heterocycles. The molecule has 1 unspecified atom stereocenters. The Bertz CT molecular complexity index is 784. The summed E-state index contributed by atoms with van der Waals surface area (Å²) in [5, 5.41) is 2.79. The molecule has 0 fully saturated rings. The zero-order valence-electron chi connectivity index (χ0n) is 14.6. The fourth-order valence-corrected chi connectivity index (χ4v) is 2.80. The summed E-state index contributed by atoms with van der Waals surface area (Å²) in [6.45, 7) is 6.54. The summed E-state index contributed by atoms with van der Waals surface area (Å²) in [4.78, 5) is 30.6. The minimum absolute atomic E-state index is 0.0852. The summed E-state index contributed by atoms with van der Waals surface area (Å²) in [7, 11) is 0. The number of imidazole rings is 1. The van der Waals surface area contributed by atoms with Crippen molar-refractivity contribution >= 4 is 23.5 Å². The lowest BCUT2D eigenvalue weighted by molar-refractivity contribution is -0.127. The maximum atomic E-state index is 12.5. The second-order valence-electron chi connectivity index (χ2n) is 6.50. The Kier molecular flexibility index (Phi) is 4.74. The fourth-order valence-electron chi connectivity index (χ4n) is 2.80. The third-order valence-electron chi connectivity index (χ3n) is 3.90. The van der Waals surface area contributed by atoms with E-state index in [-0.39, 0.29) is 18.4 Å². The van der Waals surface area contributed by atoms with E-state index in [0.717, 1.165) is 6.54 Å². The van der Waals surface area contributed by atoms with E-state index < -0.39 is 6.10 Å². The van der Waals surface area contributed by atoms with Crippen LogP contribution in [0.5, 0.6) is 5.75 Å². The van der Waals surface area contributed by atoms with Crippen molar-refractivity contribution in [2.45, 2.75) is 33.4 Å². The molecule has 2 aromatic rings. The van der Waals surface area contributed by atoms with Gasteiger partial charge < -0.3 is 9.30 Å². The minimum Gasteiger partial charge on any atom is -0.479 e. The largest absolute Gasteiger partial charge is 0.479 e. The lowest BCUT2D eigenvalue weighted by atomic mass is 10.2. The fraction of sp³-hybridized carbons (Fsp3) is 0.389. The van der Waals surface area contributed by atoms with Crippen LogP contribution >= 0.6 is 0 Å². The van der Waals surface area contributed by atoms with Crippen molar-refractivity contribution in [3.8, 4) is 5.75 Å². The van der Waals surface area contributed by atoms with Gasteiger partial charge in [-0.1, -0.05) is 26.0 Å². The maximum absolute atomic E-state index is 12.5. The van der Waals surface area contributed by atoms with Crippen LogP contribution < -0.4 is 15.0 Å². The number of benzene rings is 1. The van der Waals surface area contributed by atoms with Gasteiger partial charge >= 0.3 is 0 Å². The van der Waals surface area contributed by atoms with Crippen LogP contribution in [0.25, 0.3) is 0 Å². The van der Waals surface area contributed by atoms with E-state index in [0.29, 0.717) is 23.3 Å². The van der Waals surface area contributed by atoms with E-state index in [2.05, 4.69) is 24.1 Å². The molecule has 1 N–H and O–H groups in total. The number of para-hydroxylation sites is 2. The highest BCUT2D eigenvalue weighted by atomic mass is 16.5. The first-order valence-corrected chi connectivity index (χ1v) is 8.33. The highest BCUT2D eigenvalue weighted by molar-refractivity contribution is 6.05. The summed E-state index contributed by atoms with van der Waals surface area (Å²) in [5.74, 6) is 0.982. The van der Waals surface area contributed by atoms with E-state index in [4.69, 9.17) is 4.74 Å². The molecule has 1 atom stereocenters. The molecular formula is C18H22N4O3. The van der Waals surface area contributed by atoms with Crippen molar-refractivity contribution in [2.75, 3.05) is 16.8 Å². The standard InChI is InChI=1S/C18H22N4O3/c1-12(2)10-21-9-8-19-18(21)20-16(23)11-22-14-6-4-5-7-15(14)25-13(3)17(22)24/h4-9,12-13H,10-11H2,1-3H3,(H,19,20,23). The van der Waals surface area contributed by atoms with Crippen LogP contribution in [0.4, 0.5) is 11.6 Å². The highest BCUT2D eigenvalue weighted by Gasteiger charge is 2.32. The molecule has 7 heteroatoms. The summed E-state index contributed by atoms with van der Waals surface area (Å²) < 4.78 is 7.47. The smallest absolute Gasteiger partial charge is 0.268 e. The van der Waals surface area contributed by atoms with Crippen LogP contribution in [-0.2, 0) is 16.1 Å². The first kappa shape index (κ1) is 17.0. The van der Waals surface area contributed by atoms with E-state index in [1.54, 1.807) is 25.3 Å². The third-order valence-corrected chi connectivity index (χ3v) is 3.90. The molecule has 1 aliphatic rings. The number of carbonyl (C=O) groups is 2. The van der Waals surface area contributed by atoms with Crippen LogP contribution in [0, 0.1) is 5.92 Å². The van der Waals surface area contributed by atoms with Gasteiger partial charge in [0.05, 0.1) is 5.69 Å². The summed E-state index contributed by atoms with van der Waals surface area (Å²) in [6.07, 6.45) is 2.85. The van der Waals surface area contributed by atoms with Crippen molar-refractivity contribution < 1.29 is 14.3 Å². The molecule has 7 nitrogen and oxygen atoms in total. The lowest BCUT2D eigenvalue weighted by Crippen LogP contribution is -2.47. The molecule has 25 heavy (non-hydrogen) atoms. The zero-order chi connectivity index (χ0) is 18.0. The number of ether oxygens (including phenoxy) is 1. The molecule has 132 valence electrons. The Morgan fingerprint density at radius 3 is 2.88 bits per heavy atom. The van der Waals surface area contributed by atoms with Crippen LogP contribution in [-0.4, -0.2) is 34.0 Å². The molecule has 0 bridgehead atoms. The van der Waals surface area contributed by atoms with Crippen molar-refractivity contribution in [1.29, 1.82) is 0 Å². The maximum Gasteiger partial charge on any atom is 0.268 e. The van der Waals surface area contributed by atoms with Crippen LogP contribution in [0.1, 0.15) is 20.8 Å². The average molecular weight is 342 g/mol. The van der Waals surface area contributed by atoms with Gasteiger partial charge in [-0.25, -0.2) is 4.98 Å². The topological polar surface area (TPSA) is 76.5 Å². The Balaban J connectivity index is 1.75. The predicted molar refractivity (Wildman–Crippen MR) is 94.6 cm³/mol. The number of rotatable bonds is 5. The van der Waals surface area contributed by atoms with Crippen LogP contribution in [0.15, 0.2) is 36.7 Å². The van der Waals surface area contributed by atoms with E-state index in [1.165, 1.54) is 4.90 Å². The molecule has 1 aliphatic heterocycles. The van der Waals surface area contributed by atoms with Gasteiger partial charge in [0.2, 0.25) is 11.9 Å². The van der Waals surface area contributed by atoms with Gasteiger partial charge in [0.1, 0.15) is 12.3 Å². The van der Waals surface area contributed by atoms with Crippen LogP contribution in [0.3, 0.4) is 0 Å². The van der Waals surface area contributed by atoms with Crippen LogP contribution in [0.2, 0.25) is 0 Å². The monoisotopic (exact) mass is 342 g/mol. The second kappa shape index (κ2) is 6.96. The molecule has 2 heterocycles. The number of nitrogens with one attached hydrogen (secondary N) is 1. The number of fused-ring (bicyclic) bond motifs is 1. The van der Waals surface area contributed by atoms with E-state index in [1.807, 2.05) is 22.9 Å². The highest BCUT2D eigenvalue weighted by Crippen LogP contribution is 2.33. The Morgan fingerprint density at radius 2 is 2.12 bits per heavy atom. The van der Waals surface area contributed by atoms with Gasteiger partial charge in [-0.3, -0.25) is 19.8 Å². The number of amides is 2. The molecule has 1 aromatic carbocycles. The first-order chi connectivity index (χ1) is 12.0. The SMILES string of the molecule is CC(C)Cn1ccnc1NC(=O)CN1C(=O)C(C)Oc2ccccc21. The number of nitrogens with zero attached hydrogens (tertiary/aromatic N) is 3. The molecule has 2 amide bonds. The normalized spacial score (nSPS) is 16.6. The van der Waals surface area contributed by atoms with Crippen molar-refractivity contribution in [3.05, 3.63) is 36.7 Å². The third kappa shape index (κ3) is 3.65. The van der Waals surface area contributed by atoms with Gasteiger partial charge in [-0.15, -0.1) is 0 Å². The molecule has 0 radical (unpaired) electrons. The Labute approximate surface area is 146 Å². The van der Waals surface area contributed by atoms with E-state index in [9.17, 15) is 9.59 Å². The van der Waals surface area contributed by atoms with Gasteiger partial charge in [-0.05, 0) is 25.0 Å². The predicted octanol–water partition coefficient (Wildman–Crippen LogP) is 2.29. The zero-order valence-corrected chi connectivity index (χ0v) is 14.6. The number of hydrogen-bond acceptors (Lipinski definition) is 4. The average Bonchev–Trinajstić information content (AvgIpc) is 2.98. The number of hydrogen-bond donors (Lipinski definition) is 1. The minimum atomic E-state index is -0.620. The summed E-state index contributed by atoms with van der Waals surface area (Å²) in [5.41, 5.74) is 0.603. The molecule has 0 spiro atoms. The second-order valence-corrected chi connectivity index (χ2v) is 6.50. The van der Waals surface area contributed by atoms with Gasteiger partial charge in [0.15, 0.2) is 6.10 Å². The Morgan fingerprint density at radius 1 is 1.36 bits per heavy atom. The molecule has 0 saturated heterocycles.